The molecule has 1 saturated carbocycles. The Morgan fingerprint density at radius 2 is 1.95 bits per heavy atom. The maximum Gasteiger partial charge on any atom is 0.224 e. The van der Waals surface area contributed by atoms with Gasteiger partial charge in [0.2, 0.25) is 5.91 Å². The van der Waals surface area contributed by atoms with Crippen LogP contribution in [0.4, 0.5) is 5.69 Å². The van der Waals surface area contributed by atoms with Gasteiger partial charge in [-0.25, -0.2) is 0 Å². The van der Waals surface area contributed by atoms with Gasteiger partial charge < -0.3 is 15.2 Å². The first-order valence-corrected chi connectivity index (χ1v) is 6.91. The van der Waals surface area contributed by atoms with Crippen molar-refractivity contribution in [1.82, 2.24) is 0 Å². The Morgan fingerprint density at radius 3 is 2.58 bits per heavy atom. The van der Waals surface area contributed by atoms with Crippen LogP contribution in [0, 0.1) is 5.92 Å². The number of ether oxygens (including phenoxy) is 1. The first kappa shape index (κ1) is 13.9. The molecular formula is C15H21NO3. The molecule has 1 aromatic carbocycles. The molecule has 1 amide bonds. The zero-order valence-electron chi connectivity index (χ0n) is 11.1. The Hall–Kier alpha value is -1.55. The molecule has 0 saturated heterocycles. The van der Waals surface area contributed by atoms with Crippen molar-refractivity contribution in [2.24, 2.45) is 5.92 Å². The van der Waals surface area contributed by atoms with Crippen LogP contribution in [-0.4, -0.2) is 24.2 Å². The van der Waals surface area contributed by atoms with E-state index in [0.717, 1.165) is 5.69 Å². The normalized spacial score (nSPS) is 15.4. The molecule has 0 bridgehead atoms. The van der Waals surface area contributed by atoms with Crippen LogP contribution >= 0.6 is 0 Å². The molecule has 0 radical (unpaired) electrons. The SMILES string of the molecule is O=C(CC1CCCC1)Nc1ccc(OCCO)cc1. The van der Waals surface area contributed by atoms with Gasteiger partial charge in [-0.05, 0) is 43.0 Å². The van der Waals surface area contributed by atoms with Gasteiger partial charge in [-0.2, -0.15) is 0 Å². The predicted octanol–water partition coefficient (Wildman–Crippen LogP) is 2.58. The summed E-state index contributed by atoms with van der Waals surface area (Å²) in [6.07, 6.45) is 5.51. The van der Waals surface area contributed by atoms with E-state index in [9.17, 15) is 4.79 Å². The highest BCUT2D eigenvalue weighted by molar-refractivity contribution is 5.90. The van der Waals surface area contributed by atoms with Crippen molar-refractivity contribution in [2.75, 3.05) is 18.5 Å². The quantitative estimate of drug-likeness (QED) is 0.829. The summed E-state index contributed by atoms with van der Waals surface area (Å²) in [4.78, 5) is 11.8. The summed E-state index contributed by atoms with van der Waals surface area (Å²) in [7, 11) is 0. The van der Waals surface area contributed by atoms with E-state index in [4.69, 9.17) is 9.84 Å². The van der Waals surface area contributed by atoms with Gasteiger partial charge in [0.05, 0.1) is 6.61 Å². The number of anilines is 1. The molecule has 0 unspecified atom stereocenters. The van der Waals surface area contributed by atoms with Crippen molar-refractivity contribution >= 4 is 11.6 Å². The minimum atomic E-state index is -0.000123. The second-order valence-electron chi connectivity index (χ2n) is 5.00. The molecular weight excluding hydrogens is 242 g/mol. The van der Waals surface area contributed by atoms with Crippen LogP contribution in [0.2, 0.25) is 0 Å². The molecule has 4 heteroatoms. The number of benzene rings is 1. The van der Waals surface area contributed by atoms with Gasteiger partial charge >= 0.3 is 0 Å². The number of rotatable bonds is 6. The van der Waals surface area contributed by atoms with Gasteiger partial charge in [0.15, 0.2) is 0 Å². The molecule has 1 fully saturated rings. The highest BCUT2D eigenvalue weighted by atomic mass is 16.5. The number of carbonyl (C=O) groups is 1. The second-order valence-corrected chi connectivity index (χ2v) is 5.00. The van der Waals surface area contributed by atoms with E-state index in [2.05, 4.69) is 5.32 Å². The molecule has 0 aliphatic heterocycles. The van der Waals surface area contributed by atoms with Crippen LogP contribution in [0.25, 0.3) is 0 Å². The van der Waals surface area contributed by atoms with Crippen LogP contribution in [0.5, 0.6) is 5.75 Å². The summed E-state index contributed by atoms with van der Waals surface area (Å²) < 4.78 is 5.26. The van der Waals surface area contributed by atoms with E-state index in [1.165, 1.54) is 25.7 Å². The third-order valence-corrected chi connectivity index (χ3v) is 3.45. The molecule has 4 nitrogen and oxygen atoms in total. The fourth-order valence-electron chi connectivity index (χ4n) is 2.49. The first-order valence-electron chi connectivity index (χ1n) is 6.91. The highest BCUT2D eigenvalue weighted by Crippen LogP contribution is 2.27. The summed E-state index contributed by atoms with van der Waals surface area (Å²) in [5.41, 5.74) is 0.791. The van der Waals surface area contributed by atoms with Crippen LogP contribution in [0.15, 0.2) is 24.3 Å². The molecule has 0 atom stereocenters. The average Bonchev–Trinajstić information content (AvgIpc) is 2.90. The third-order valence-electron chi connectivity index (χ3n) is 3.45. The highest BCUT2D eigenvalue weighted by Gasteiger charge is 2.18. The van der Waals surface area contributed by atoms with Crippen LogP contribution in [0.3, 0.4) is 0 Å². The summed E-state index contributed by atoms with van der Waals surface area (Å²) in [6, 6.07) is 7.22. The maximum absolute atomic E-state index is 11.8. The molecule has 0 aromatic heterocycles. The Bertz CT molecular complexity index is 396. The number of aliphatic hydroxyl groups is 1. The Balaban J connectivity index is 1.79. The predicted molar refractivity (Wildman–Crippen MR) is 74.2 cm³/mol. The van der Waals surface area contributed by atoms with Crippen molar-refractivity contribution in [3.05, 3.63) is 24.3 Å². The Kier molecular flexibility index (Phi) is 5.21. The van der Waals surface area contributed by atoms with Gasteiger partial charge in [0.25, 0.3) is 0 Å². The molecule has 1 aliphatic rings. The lowest BCUT2D eigenvalue weighted by atomic mass is 10.0. The van der Waals surface area contributed by atoms with Crippen molar-refractivity contribution < 1.29 is 14.6 Å². The first-order chi connectivity index (χ1) is 9.28. The van der Waals surface area contributed by atoms with E-state index in [0.29, 0.717) is 18.1 Å². The fraction of sp³-hybridized carbons (Fsp3) is 0.533. The minimum absolute atomic E-state index is 0.000123. The van der Waals surface area contributed by atoms with E-state index >= 15 is 0 Å². The minimum Gasteiger partial charge on any atom is -0.491 e. The maximum atomic E-state index is 11.8. The van der Waals surface area contributed by atoms with Crippen molar-refractivity contribution in [2.45, 2.75) is 32.1 Å². The Labute approximate surface area is 113 Å². The monoisotopic (exact) mass is 263 g/mol. The van der Waals surface area contributed by atoms with Gasteiger partial charge in [-0.1, -0.05) is 12.8 Å². The number of hydrogen-bond donors (Lipinski definition) is 2. The average molecular weight is 263 g/mol. The second kappa shape index (κ2) is 7.14. The number of carbonyl (C=O) groups excluding carboxylic acids is 1. The van der Waals surface area contributed by atoms with E-state index in [1.54, 1.807) is 12.1 Å². The molecule has 2 N–H and O–H groups in total. The van der Waals surface area contributed by atoms with Gasteiger partial charge in [-0.15, -0.1) is 0 Å². The standard InChI is InChI=1S/C15H21NO3/c17-9-10-19-14-7-5-13(6-8-14)16-15(18)11-12-3-1-2-4-12/h5-8,12,17H,1-4,9-11H2,(H,16,18). The number of hydrogen-bond acceptors (Lipinski definition) is 3. The Morgan fingerprint density at radius 1 is 1.26 bits per heavy atom. The number of nitrogens with one attached hydrogen (secondary N) is 1. The van der Waals surface area contributed by atoms with Gasteiger partial charge in [0, 0.05) is 12.1 Å². The van der Waals surface area contributed by atoms with Crippen LogP contribution in [0.1, 0.15) is 32.1 Å². The molecule has 0 heterocycles. The largest absolute Gasteiger partial charge is 0.491 e. The zero-order valence-corrected chi connectivity index (χ0v) is 11.1. The molecule has 104 valence electrons. The van der Waals surface area contributed by atoms with E-state index < -0.39 is 0 Å². The van der Waals surface area contributed by atoms with Crippen molar-refractivity contribution in [3.8, 4) is 5.75 Å². The van der Waals surface area contributed by atoms with Crippen molar-refractivity contribution in [3.63, 3.8) is 0 Å². The van der Waals surface area contributed by atoms with Crippen LogP contribution < -0.4 is 10.1 Å². The fourth-order valence-corrected chi connectivity index (χ4v) is 2.49. The molecule has 0 spiro atoms. The van der Waals surface area contributed by atoms with Crippen LogP contribution in [-0.2, 0) is 4.79 Å². The number of amides is 1. The summed E-state index contributed by atoms with van der Waals surface area (Å²) in [5.74, 6) is 1.35. The lowest BCUT2D eigenvalue weighted by Crippen LogP contribution is -2.15. The molecule has 1 aliphatic carbocycles. The summed E-state index contributed by atoms with van der Waals surface area (Å²) >= 11 is 0. The lowest BCUT2D eigenvalue weighted by Gasteiger charge is -2.10. The van der Waals surface area contributed by atoms with E-state index in [1.807, 2.05) is 12.1 Å². The van der Waals surface area contributed by atoms with Gasteiger partial charge in [-0.3, -0.25) is 4.79 Å². The zero-order chi connectivity index (χ0) is 13.5. The molecule has 2 rings (SSSR count). The summed E-state index contributed by atoms with van der Waals surface area (Å²) in [5, 5.41) is 11.6. The lowest BCUT2D eigenvalue weighted by molar-refractivity contribution is -0.117. The van der Waals surface area contributed by atoms with Crippen molar-refractivity contribution in [1.29, 1.82) is 0 Å². The molecule has 19 heavy (non-hydrogen) atoms. The van der Waals surface area contributed by atoms with Gasteiger partial charge in [0.1, 0.15) is 12.4 Å². The number of aliphatic hydroxyl groups excluding tert-OH is 1. The topological polar surface area (TPSA) is 58.6 Å². The smallest absolute Gasteiger partial charge is 0.224 e. The third kappa shape index (κ3) is 4.56. The molecule has 1 aromatic rings. The van der Waals surface area contributed by atoms with E-state index in [-0.39, 0.29) is 19.1 Å². The summed E-state index contributed by atoms with van der Waals surface area (Å²) in [6.45, 7) is 0.285.